The highest BCUT2D eigenvalue weighted by molar-refractivity contribution is 5.84. The zero-order chi connectivity index (χ0) is 15.5. The van der Waals surface area contributed by atoms with Crippen LogP contribution in [0.5, 0.6) is 5.75 Å². The van der Waals surface area contributed by atoms with Gasteiger partial charge in [-0.25, -0.2) is 0 Å². The predicted molar refractivity (Wildman–Crippen MR) is 90.5 cm³/mol. The zero-order valence-corrected chi connectivity index (χ0v) is 13.6. The maximum atomic E-state index is 5.62. The summed E-state index contributed by atoms with van der Waals surface area (Å²) in [5.41, 5.74) is 1.33. The Morgan fingerprint density at radius 1 is 1.18 bits per heavy atom. The van der Waals surface area contributed by atoms with Crippen LogP contribution in [-0.2, 0) is 4.74 Å². The molecule has 3 rings (SSSR count). The van der Waals surface area contributed by atoms with Gasteiger partial charge in [0.05, 0.1) is 13.2 Å². The Morgan fingerprint density at radius 3 is 2.73 bits per heavy atom. The Kier molecular flexibility index (Phi) is 4.65. The van der Waals surface area contributed by atoms with Crippen LogP contribution in [-0.4, -0.2) is 25.9 Å². The normalized spacial score (nSPS) is 23.4. The van der Waals surface area contributed by atoms with Crippen LogP contribution < -0.4 is 10.1 Å². The van der Waals surface area contributed by atoms with Crippen molar-refractivity contribution < 1.29 is 9.47 Å². The summed E-state index contributed by atoms with van der Waals surface area (Å²) in [5, 5.41) is 6.22. The van der Waals surface area contributed by atoms with Crippen molar-refractivity contribution >= 4 is 10.8 Å². The lowest BCUT2D eigenvalue weighted by molar-refractivity contribution is 0.0116. The van der Waals surface area contributed by atoms with Crippen LogP contribution in [0, 0.1) is 0 Å². The molecule has 3 heteroatoms. The number of ether oxygens (including phenoxy) is 2. The van der Waals surface area contributed by atoms with Crippen LogP contribution in [0.25, 0.3) is 10.8 Å². The third-order valence-electron chi connectivity index (χ3n) is 4.54. The molecule has 0 aliphatic carbocycles. The minimum Gasteiger partial charge on any atom is -0.497 e. The SMILES string of the molecule is COc1ccc2cc([C@H](C)N[C@H]3CCO[C@@H](C)C3)ccc2c1. The van der Waals surface area contributed by atoms with E-state index in [0.717, 1.165) is 25.2 Å². The first-order valence-electron chi connectivity index (χ1n) is 8.11. The highest BCUT2D eigenvalue weighted by Gasteiger charge is 2.21. The summed E-state index contributed by atoms with van der Waals surface area (Å²) in [6, 6.07) is 13.8. The van der Waals surface area contributed by atoms with Crippen molar-refractivity contribution in [1.29, 1.82) is 0 Å². The van der Waals surface area contributed by atoms with Gasteiger partial charge in [0.2, 0.25) is 0 Å². The summed E-state index contributed by atoms with van der Waals surface area (Å²) >= 11 is 0. The molecule has 2 aromatic carbocycles. The van der Waals surface area contributed by atoms with E-state index < -0.39 is 0 Å². The summed E-state index contributed by atoms with van der Waals surface area (Å²) in [5.74, 6) is 0.905. The van der Waals surface area contributed by atoms with Gasteiger partial charge in [0, 0.05) is 18.7 Å². The van der Waals surface area contributed by atoms with Crippen molar-refractivity contribution in [3.63, 3.8) is 0 Å². The Hall–Kier alpha value is -1.58. The van der Waals surface area contributed by atoms with Crippen LogP contribution in [0.15, 0.2) is 36.4 Å². The molecule has 3 nitrogen and oxygen atoms in total. The fourth-order valence-electron chi connectivity index (χ4n) is 3.24. The molecule has 0 bridgehead atoms. The standard InChI is InChI=1S/C19H25NO2/c1-13-10-18(8-9-22-13)20-14(2)15-4-5-17-12-19(21-3)7-6-16(17)11-15/h4-7,11-14,18,20H,8-10H2,1-3H3/t13-,14-,18-/m0/s1. The number of methoxy groups -OCH3 is 1. The van der Waals surface area contributed by atoms with E-state index in [1.165, 1.54) is 16.3 Å². The first-order chi connectivity index (χ1) is 10.7. The number of fused-ring (bicyclic) bond motifs is 1. The number of hydrogen-bond donors (Lipinski definition) is 1. The molecule has 118 valence electrons. The highest BCUT2D eigenvalue weighted by atomic mass is 16.5. The fourth-order valence-corrected chi connectivity index (χ4v) is 3.24. The molecule has 1 aliphatic heterocycles. The van der Waals surface area contributed by atoms with Gasteiger partial charge < -0.3 is 14.8 Å². The summed E-state index contributed by atoms with van der Waals surface area (Å²) in [6.07, 6.45) is 2.55. The van der Waals surface area contributed by atoms with Gasteiger partial charge in [-0.3, -0.25) is 0 Å². The average molecular weight is 299 g/mol. The molecule has 1 N–H and O–H groups in total. The van der Waals surface area contributed by atoms with Crippen LogP contribution in [0.4, 0.5) is 0 Å². The van der Waals surface area contributed by atoms with Crippen LogP contribution >= 0.6 is 0 Å². The molecular weight excluding hydrogens is 274 g/mol. The highest BCUT2D eigenvalue weighted by Crippen LogP contribution is 2.25. The smallest absolute Gasteiger partial charge is 0.119 e. The van der Waals surface area contributed by atoms with Crippen molar-refractivity contribution in [3.8, 4) is 5.75 Å². The second-order valence-electron chi connectivity index (χ2n) is 6.26. The summed E-state index contributed by atoms with van der Waals surface area (Å²) in [7, 11) is 1.70. The lowest BCUT2D eigenvalue weighted by Crippen LogP contribution is -2.39. The minimum atomic E-state index is 0.349. The van der Waals surface area contributed by atoms with Gasteiger partial charge in [-0.1, -0.05) is 18.2 Å². The van der Waals surface area contributed by atoms with E-state index in [-0.39, 0.29) is 0 Å². The molecule has 2 aromatic rings. The molecule has 22 heavy (non-hydrogen) atoms. The van der Waals surface area contributed by atoms with E-state index in [2.05, 4.69) is 49.5 Å². The Balaban J connectivity index is 1.74. The van der Waals surface area contributed by atoms with Gasteiger partial charge in [0.15, 0.2) is 0 Å². The molecule has 0 spiro atoms. The van der Waals surface area contributed by atoms with Gasteiger partial charge in [-0.15, -0.1) is 0 Å². The summed E-state index contributed by atoms with van der Waals surface area (Å²) in [6.45, 7) is 5.26. The van der Waals surface area contributed by atoms with E-state index >= 15 is 0 Å². The van der Waals surface area contributed by atoms with E-state index in [1.807, 2.05) is 6.07 Å². The predicted octanol–water partition coefficient (Wildman–Crippen LogP) is 4.07. The quantitative estimate of drug-likeness (QED) is 0.923. The number of rotatable bonds is 4. The van der Waals surface area contributed by atoms with E-state index in [1.54, 1.807) is 7.11 Å². The van der Waals surface area contributed by atoms with Crippen molar-refractivity contribution in [1.82, 2.24) is 5.32 Å². The minimum absolute atomic E-state index is 0.349. The van der Waals surface area contributed by atoms with E-state index in [0.29, 0.717) is 18.2 Å². The summed E-state index contributed by atoms with van der Waals surface area (Å²) < 4.78 is 10.9. The van der Waals surface area contributed by atoms with Crippen molar-refractivity contribution in [2.24, 2.45) is 0 Å². The Labute approximate surface area is 132 Å². The lowest BCUT2D eigenvalue weighted by atomic mass is 9.99. The lowest BCUT2D eigenvalue weighted by Gasteiger charge is -2.30. The van der Waals surface area contributed by atoms with Crippen molar-refractivity contribution in [2.45, 2.75) is 44.9 Å². The van der Waals surface area contributed by atoms with Crippen molar-refractivity contribution in [2.75, 3.05) is 13.7 Å². The molecule has 0 amide bonds. The van der Waals surface area contributed by atoms with E-state index in [4.69, 9.17) is 9.47 Å². The molecule has 3 atom stereocenters. The molecule has 0 saturated carbocycles. The third kappa shape index (κ3) is 3.42. The zero-order valence-electron chi connectivity index (χ0n) is 13.6. The molecule has 1 saturated heterocycles. The monoisotopic (exact) mass is 299 g/mol. The van der Waals surface area contributed by atoms with Crippen molar-refractivity contribution in [3.05, 3.63) is 42.0 Å². The van der Waals surface area contributed by atoms with Crippen LogP contribution in [0.3, 0.4) is 0 Å². The first-order valence-corrected chi connectivity index (χ1v) is 8.11. The molecule has 1 heterocycles. The number of nitrogens with one attached hydrogen (secondary N) is 1. The largest absolute Gasteiger partial charge is 0.497 e. The van der Waals surface area contributed by atoms with E-state index in [9.17, 15) is 0 Å². The molecule has 0 aromatic heterocycles. The third-order valence-corrected chi connectivity index (χ3v) is 4.54. The molecule has 0 radical (unpaired) electrons. The Morgan fingerprint density at radius 2 is 1.95 bits per heavy atom. The van der Waals surface area contributed by atoms with Gasteiger partial charge in [0.1, 0.15) is 5.75 Å². The van der Waals surface area contributed by atoms with Gasteiger partial charge in [0.25, 0.3) is 0 Å². The average Bonchev–Trinajstić information content (AvgIpc) is 2.53. The first kappa shape index (κ1) is 15.3. The van der Waals surface area contributed by atoms with Crippen LogP contribution in [0.1, 0.15) is 38.3 Å². The number of hydrogen-bond acceptors (Lipinski definition) is 3. The van der Waals surface area contributed by atoms with Crippen LogP contribution in [0.2, 0.25) is 0 Å². The van der Waals surface area contributed by atoms with Gasteiger partial charge in [-0.05, 0) is 61.2 Å². The fraction of sp³-hybridized carbons (Fsp3) is 0.474. The maximum absolute atomic E-state index is 5.62. The number of benzene rings is 2. The Bertz CT molecular complexity index is 640. The maximum Gasteiger partial charge on any atom is 0.119 e. The molecular formula is C19H25NO2. The summed E-state index contributed by atoms with van der Waals surface area (Å²) in [4.78, 5) is 0. The van der Waals surface area contributed by atoms with Gasteiger partial charge >= 0.3 is 0 Å². The topological polar surface area (TPSA) is 30.5 Å². The molecule has 0 unspecified atom stereocenters. The second-order valence-corrected chi connectivity index (χ2v) is 6.26. The second kappa shape index (κ2) is 6.67. The molecule has 1 fully saturated rings. The van der Waals surface area contributed by atoms with Gasteiger partial charge in [-0.2, -0.15) is 0 Å². The molecule has 1 aliphatic rings.